The van der Waals surface area contributed by atoms with Gasteiger partial charge in [-0.05, 0) is 41.0 Å². The highest BCUT2D eigenvalue weighted by Gasteiger charge is 2.17. The van der Waals surface area contributed by atoms with Gasteiger partial charge in [-0.3, -0.25) is 9.69 Å². The lowest BCUT2D eigenvalue weighted by molar-refractivity contribution is 0.0323. The van der Waals surface area contributed by atoms with Gasteiger partial charge in [-0.1, -0.05) is 36.4 Å². The van der Waals surface area contributed by atoms with Crippen molar-refractivity contribution in [2.24, 2.45) is 5.73 Å². The third-order valence-corrected chi connectivity index (χ3v) is 5.64. The predicted octanol–water partition coefficient (Wildman–Crippen LogP) is 3.84. The summed E-state index contributed by atoms with van der Waals surface area (Å²) in [4.78, 5) is 14.5. The first kappa shape index (κ1) is 21.9. The Labute approximate surface area is 188 Å². The van der Waals surface area contributed by atoms with E-state index in [-0.39, 0.29) is 0 Å². The summed E-state index contributed by atoms with van der Waals surface area (Å²) in [6.07, 6.45) is 0. The Bertz CT molecular complexity index is 1060. The van der Waals surface area contributed by atoms with Crippen LogP contribution in [0.15, 0.2) is 66.7 Å². The molecule has 32 heavy (non-hydrogen) atoms. The Kier molecular flexibility index (Phi) is 7.04. The number of hydrogen-bond acceptors (Lipinski definition) is 5. The van der Waals surface area contributed by atoms with Crippen LogP contribution in [0, 0.1) is 0 Å². The molecular weight excluding hydrogens is 404 g/mol. The van der Waals surface area contributed by atoms with Crippen LogP contribution in [0.25, 0.3) is 22.3 Å². The normalized spacial score (nSPS) is 14.2. The molecule has 6 heteroatoms. The summed E-state index contributed by atoms with van der Waals surface area (Å²) in [5.74, 6) is 0.870. The molecule has 0 aromatic heterocycles. The number of rotatable bonds is 8. The third-order valence-electron chi connectivity index (χ3n) is 5.64. The number of ether oxygens (including phenoxy) is 3. The fourth-order valence-corrected chi connectivity index (χ4v) is 3.87. The summed E-state index contributed by atoms with van der Waals surface area (Å²) >= 11 is 0. The zero-order valence-electron chi connectivity index (χ0n) is 18.3. The molecule has 0 atom stereocenters. The Morgan fingerprint density at radius 1 is 0.969 bits per heavy atom. The maximum absolute atomic E-state index is 12.2. The average Bonchev–Trinajstić information content (AvgIpc) is 2.84. The standard InChI is InChI=1S/C26H28N2O4/c1-30-21-8-10-22(25(18-21)32-16-13-28-11-14-31-15-12-28)24-17-20(7-9-23(24)26(27)29)19-5-3-2-4-6-19/h2-10,17-18H,11-16H2,1H3,(H2,27,29). The van der Waals surface area contributed by atoms with Crippen molar-refractivity contribution in [1.29, 1.82) is 0 Å². The van der Waals surface area contributed by atoms with Crippen LogP contribution in [0.4, 0.5) is 0 Å². The quantitative estimate of drug-likeness (QED) is 0.586. The van der Waals surface area contributed by atoms with E-state index in [4.69, 9.17) is 19.9 Å². The molecule has 1 saturated heterocycles. The van der Waals surface area contributed by atoms with Crippen molar-refractivity contribution in [2.75, 3.05) is 46.6 Å². The minimum absolute atomic E-state index is 0.452. The van der Waals surface area contributed by atoms with E-state index >= 15 is 0 Å². The molecule has 0 saturated carbocycles. The number of carbonyl (C=O) groups excluding carboxylic acids is 1. The lowest BCUT2D eigenvalue weighted by Gasteiger charge is -2.26. The number of morpholine rings is 1. The van der Waals surface area contributed by atoms with Gasteiger partial charge in [0.15, 0.2) is 0 Å². The van der Waals surface area contributed by atoms with Gasteiger partial charge >= 0.3 is 0 Å². The zero-order valence-corrected chi connectivity index (χ0v) is 18.3. The molecule has 3 aromatic carbocycles. The Morgan fingerprint density at radius 2 is 1.75 bits per heavy atom. The molecule has 166 valence electrons. The molecule has 1 aliphatic heterocycles. The van der Waals surface area contributed by atoms with E-state index in [1.807, 2.05) is 60.7 Å². The Hall–Kier alpha value is -3.35. The highest BCUT2D eigenvalue weighted by atomic mass is 16.5. The largest absolute Gasteiger partial charge is 0.497 e. The van der Waals surface area contributed by atoms with Crippen LogP contribution in [0.5, 0.6) is 11.5 Å². The molecule has 1 fully saturated rings. The van der Waals surface area contributed by atoms with Gasteiger partial charge in [-0.15, -0.1) is 0 Å². The monoisotopic (exact) mass is 432 g/mol. The molecule has 0 radical (unpaired) electrons. The van der Waals surface area contributed by atoms with E-state index < -0.39 is 5.91 Å². The fourth-order valence-electron chi connectivity index (χ4n) is 3.87. The van der Waals surface area contributed by atoms with Gasteiger partial charge < -0.3 is 19.9 Å². The summed E-state index contributed by atoms with van der Waals surface area (Å²) in [6.45, 7) is 4.62. The third kappa shape index (κ3) is 5.10. The average molecular weight is 433 g/mol. The van der Waals surface area contributed by atoms with E-state index in [1.165, 1.54) is 0 Å². The van der Waals surface area contributed by atoms with Gasteiger partial charge in [0.2, 0.25) is 5.91 Å². The van der Waals surface area contributed by atoms with Crippen LogP contribution in [-0.2, 0) is 4.74 Å². The van der Waals surface area contributed by atoms with Crippen LogP contribution < -0.4 is 15.2 Å². The topological polar surface area (TPSA) is 74.0 Å². The van der Waals surface area contributed by atoms with Gasteiger partial charge in [-0.2, -0.15) is 0 Å². The summed E-state index contributed by atoms with van der Waals surface area (Å²) in [6, 6.07) is 21.4. The number of primary amides is 1. The number of methoxy groups -OCH3 is 1. The van der Waals surface area contributed by atoms with E-state index in [0.717, 1.165) is 55.1 Å². The minimum atomic E-state index is -0.477. The van der Waals surface area contributed by atoms with Crippen LogP contribution in [0.3, 0.4) is 0 Å². The molecule has 1 amide bonds. The van der Waals surface area contributed by atoms with Crippen molar-refractivity contribution >= 4 is 5.91 Å². The molecule has 3 aromatic rings. The number of carbonyl (C=O) groups is 1. The summed E-state index contributed by atoms with van der Waals surface area (Å²) < 4.78 is 17.0. The van der Waals surface area contributed by atoms with E-state index in [2.05, 4.69) is 4.90 Å². The van der Waals surface area contributed by atoms with E-state index in [9.17, 15) is 4.79 Å². The second-order valence-corrected chi connectivity index (χ2v) is 7.66. The number of nitrogens with zero attached hydrogens (tertiary/aromatic N) is 1. The Morgan fingerprint density at radius 3 is 2.47 bits per heavy atom. The lowest BCUT2D eigenvalue weighted by Crippen LogP contribution is -2.38. The minimum Gasteiger partial charge on any atom is -0.497 e. The molecule has 0 aliphatic carbocycles. The molecule has 4 rings (SSSR count). The molecule has 0 spiro atoms. The predicted molar refractivity (Wildman–Crippen MR) is 125 cm³/mol. The number of benzene rings is 3. The molecule has 6 nitrogen and oxygen atoms in total. The van der Waals surface area contributed by atoms with Crippen LogP contribution in [0.2, 0.25) is 0 Å². The Balaban J connectivity index is 1.68. The van der Waals surface area contributed by atoms with Crippen molar-refractivity contribution in [3.63, 3.8) is 0 Å². The number of amides is 1. The molecule has 2 N–H and O–H groups in total. The maximum Gasteiger partial charge on any atom is 0.249 e. The highest BCUT2D eigenvalue weighted by molar-refractivity contribution is 6.01. The fraction of sp³-hybridized carbons (Fsp3) is 0.269. The zero-order chi connectivity index (χ0) is 22.3. The van der Waals surface area contributed by atoms with Gasteiger partial charge in [0.05, 0.1) is 20.3 Å². The summed E-state index contributed by atoms with van der Waals surface area (Å²) in [7, 11) is 1.62. The van der Waals surface area contributed by atoms with Crippen LogP contribution >= 0.6 is 0 Å². The van der Waals surface area contributed by atoms with Crippen molar-refractivity contribution in [3.05, 3.63) is 72.3 Å². The SMILES string of the molecule is COc1ccc(-c2cc(-c3ccccc3)ccc2C(N)=O)c(OCCN2CCOCC2)c1. The van der Waals surface area contributed by atoms with Crippen molar-refractivity contribution < 1.29 is 19.0 Å². The summed E-state index contributed by atoms with van der Waals surface area (Å²) in [5.41, 5.74) is 9.78. The molecular formula is C26H28N2O4. The van der Waals surface area contributed by atoms with Crippen molar-refractivity contribution in [2.45, 2.75) is 0 Å². The molecule has 0 bridgehead atoms. The highest BCUT2D eigenvalue weighted by Crippen LogP contribution is 2.37. The first-order valence-electron chi connectivity index (χ1n) is 10.8. The van der Waals surface area contributed by atoms with Gasteiger partial charge in [-0.25, -0.2) is 0 Å². The van der Waals surface area contributed by atoms with E-state index in [0.29, 0.717) is 23.7 Å². The molecule has 1 heterocycles. The van der Waals surface area contributed by atoms with Gasteiger partial charge in [0.25, 0.3) is 0 Å². The smallest absolute Gasteiger partial charge is 0.249 e. The van der Waals surface area contributed by atoms with E-state index in [1.54, 1.807) is 13.2 Å². The molecule has 1 aliphatic rings. The van der Waals surface area contributed by atoms with Crippen LogP contribution in [0.1, 0.15) is 10.4 Å². The summed E-state index contributed by atoms with van der Waals surface area (Å²) in [5, 5.41) is 0. The van der Waals surface area contributed by atoms with Crippen molar-refractivity contribution in [1.82, 2.24) is 4.90 Å². The number of nitrogens with two attached hydrogens (primary N) is 1. The number of hydrogen-bond donors (Lipinski definition) is 1. The van der Waals surface area contributed by atoms with Gasteiger partial charge in [0.1, 0.15) is 18.1 Å². The van der Waals surface area contributed by atoms with Gasteiger partial charge in [0, 0.05) is 36.8 Å². The second-order valence-electron chi connectivity index (χ2n) is 7.66. The molecule has 0 unspecified atom stereocenters. The lowest BCUT2D eigenvalue weighted by atomic mass is 9.93. The van der Waals surface area contributed by atoms with Crippen LogP contribution in [-0.4, -0.2) is 57.4 Å². The first-order chi connectivity index (χ1) is 15.7. The van der Waals surface area contributed by atoms with Crippen molar-refractivity contribution in [3.8, 4) is 33.8 Å². The first-order valence-corrected chi connectivity index (χ1v) is 10.8. The maximum atomic E-state index is 12.2. The second kappa shape index (κ2) is 10.3.